The van der Waals surface area contributed by atoms with Crippen molar-refractivity contribution in [1.82, 2.24) is 25.5 Å². The Kier molecular flexibility index (Phi) is 3.78. The minimum absolute atomic E-state index is 0.00161. The molecule has 0 radical (unpaired) electrons. The molecular weight excluding hydrogens is 242 g/mol. The first-order chi connectivity index (χ1) is 8.29. The van der Waals surface area contributed by atoms with Crippen molar-refractivity contribution in [2.75, 3.05) is 13.2 Å². The van der Waals surface area contributed by atoms with E-state index < -0.39 is 0 Å². The maximum Gasteiger partial charge on any atom is 0.243 e. The fraction of sp³-hybridized carbons (Fsp3) is 0.333. The molecule has 0 saturated heterocycles. The molecule has 0 spiro atoms. The van der Waals surface area contributed by atoms with E-state index in [1.807, 2.05) is 17.5 Å². The van der Waals surface area contributed by atoms with Gasteiger partial charge in [0.2, 0.25) is 11.7 Å². The summed E-state index contributed by atoms with van der Waals surface area (Å²) in [4.78, 5) is 13.5. The Labute approximate surface area is 101 Å². The molecule has 2 rings (SSSR count). The fourth-order valence-electron chi connectivity index (χ4n) is 1.19. The predicted molar refractivity (Wildman–Crippen MR) is 61.2 cm³/mol. The van der Waals surface area contributed by atoms with Crippen LogP contribution in [0.25, 0.3) is 10.7 Å². The molecule has 90 valence electrons. The van der Waals surface area contributed by atoms with Gasteiger partial charge in [0.25, 0.3) is 0 Å². The first-order valence-corrected chi connectivity index (χ1v) is 5.87. The van der Waals surface area contributed by atoms with Gasteiger partial charge in [-0.15, -0.1) is 21.5 Å². The second-order valence-corrected chi connectivity index (χ2v) is 4.14. The highest BCUT2D eigenvalue weighted by atomic mass is 32.1. The molecule has 0 saturated carbocycles. The number of nitrogens with zero attached hydrogens (tertiary/aromatic N) is 4. The third-order valence-corrected chi connectivity index (χ3v) is 2.78. The Morgan fingerprint density at radius 3 is 3.18 bits per heavy atom. The summed E-state index contributed by atoms with van der Waals surface area (Å²) in [5.41, 5.74) is 0. The van der Waals surface area contributed by atoms with Crippen LogP contribution in [0.4, 0.5) is 0 Å². The van der Waals surface area contributed by atoms with Gasteiger partial charge < -0.3 is 10.4 Å². The molecule has 0 aromatic carbocycles. The Morgan fingerprint density at radius 2 is 2.47 bits per heavy atom. The normalized spacial score (nSPS) is 10.4. The van der Waals surface area contributed by atoms with Crippen LogP contribution in [0.2, 0.25) is 0 Å². The van der Waals surface area contributed by atoms with E-state index in [2.05, 4.69) is 20.7 Å². The number of amides is 1. The van der Waals surface area contributed by atoms with E-state index in [4.69, 9.17) is 5.11 Å². The molecule has 1 amide bonds. The molecule has 2 aromatic rings. The highest BCUT2D eigenvalue weighted by Crippen LogP contribution is 2.19. The number of aliphatic hydroxyl groups excluding tert-OH is 1. The van der Waals surface area contributed by atoms with E-state index >= 15 is 0 Å². The van der Waals surface area contributed by atoms with Gasteiger partial charge >= 0.3 is 0 Å². The molecule has 17 heavy (non-hydrogen) atoms. The van der Waals surface area contributed by atoms with E-state index in [1.165, 1.54) is 16.1 Å². The zero-order valence-corrected chi connectivity index (χ0v) is 9.72. The molecule has 0 atom stereocenters. The van der Waals surface area contributed by atoms with E-state index in [9.17, 15) is 4.79 Å². The summed E-state index contributed by atoms with van der Waals surface area (Å²) < 4.78 is 0. The van der Waals surface area contributed by atoms with Crippen molar-refractivity contribution in [3.8, 4) is 10.7 Å². The molecule has 8 heteroatoms. The van der Waals surface area contributed by atoms with Crippen molar-refractivity contribution in [2.24, 2.45) is 0 Å². The van der Waals surface area contributed by atoms with Crippen LogP contribution in [0.1, 0.15) is 0 Å². The Balaban J connectivity index is 1.97. The van der Waals surface area contributed by atoms with Gasteiger partial charge in [0.15, 0.2) is 0 Å². The fourth-order valence-corrected chi connectivity index (χ4v) is 1.84. The van der Waals surface area contributed by atoms with E-state index in [0.29, 0.717) is 5.82 Å². The summed E-state index contributed by atoms with van der Waals surface area (Å²) in [6.45, 7) is 0.140. The number of rotatable bonds is 5. The van der Waals surface area contributed by atoms with Gasteiger partial charge in [-0.1, -0.05) is 6.07 Å². The van der Waals surface area contributed by atoms with Crippen LogP contribution in [0.15, 0.2) is 17.5 Å². The van der Waals surface area contributed by atoms with Crippen LogP contribution in [0.3, 0.4) is 0 Å². The molecule has 0 unspecified atom stereocenters. The second kappa shape index (κ2) is 5.51. The number of hydrogen-bond acceptors (Lipinski definition) is 6. The first-order valence-electron chi connectivity index (χ1n) is 4.99. The van der Waals surface area contributed by atoms with Gasteiger partial charge in [0.05, 0.1) is 11.5 Å². The average Bonchev–Trinajstić information content (AvgIpc) is 2.95. The number of thiophene rings is 1. The zero-order chi connectivity index (χ0) is 12.1. The van der Waals surface area contributed by atoms with Crippen LogP contribution in [0.5, 0.6) is 0 Å². The lowest BCUT2D eigenvalue weighted by Gasteiger charge is -2.00. The summed E-state index contributed by atoms with van der Waals surface area (Å²) in [5.74, 6) is 0.254. The van der Waals surface area contributed by atoms with Crippen molar-refractivity contribution < 1.29 is 9.90 Å². The SMILES string of the molecule is O=C(Cn1nnc(-c2cccs2)n1)NCCO. The molecule has 0 aliphatic heterocycles. The topological polar surface area (TPSA) is 92.9 Å². The predicted octanol–water partition coefficient (Wildman–Crippen LogP) is -0.490. The maximum atomic E-state index is 11.3. The largest absolute Gasteiger partial charge is 0.395 e. The molecular formula is C9H11N5O2S. The quantitative estimate of drug-likeness (QED) is 0.750. The van der Waals surface area contributed by atoms with Gasteiger partial charge in [-0.3, -0.25) is 4.79 Å². The molecule has 2 heterocycles. The van der Waals surface area contributed by atoms with Crippen molar-refractivity contribution in [3.63, 3.8) is 0 Å². The molecule has 7 nitrogen and oxygen atoms in total. The Hall–Kier alpha value is -1.80. The van der Waals surface area contributed by atoms with Crippen LogP contribution >= 0.6 is 11.3 Å². The van der Waals surface area contributed by atoms with E-state index in [1.54, 1.807) is 0 Å². The molecule has 0 aliphatic rings. The number of hydrogen-bond donors (Lipinski definition) is 2. The van der Waals surface area contributed by atoms with Gasteiger partial charge in [-0.2, -0.15) is 4.80 Å². The maximum absolute atomic E-state index is 11.3. The molecule has 0 aliphatic carbocycles. The zero-order valence-electron chi connectivity index (χ0n) is 8.91. The van der Waals surface area contributed by atoms with Crippen LogP contribution < -0.4 is 5.32 Å². The molecule has 2 N–H and O–H groups in total. The van der Waals surface area contributed by atoms with Gasteiger partial charge in [0, 0.05) is 6.54 Å². The molecule has 0 bridgehead atoms. The number of carbonyl (C=O) groups is 1. The minimum Gasteiger partial charge on any atom is -0.395 e. The first kappa shape index (κ1) is 11.7. The van der Waals surface area contributed by atoms with Crippen LogP contribution in [-0.2, 0) is 11.3 Å². The number of tetrazole rings is 1. The summed E-state index contributed by atoms with van der Waals surface area (Å²) in [6.07, 6.45) is 0. The minimum atomic E-state index is -0.255. The summed E-state index contributed by atoms with van der Waals surface area (Å²) in [7, 11) is 0. The lowest BCUT2D eigenvalue weighted by atomic mass is 10.5. The van der Waals surface area contributed by atoms with Crippen molar-refractivity contribution in [3.05, 3.63) is 17.5 Å². The average molecular weight is 253 g/mol. The summed E-state index contributed by atoms with van der Waals surface area (Å²) >= 11 is 1.51. The summed E-state index contributed by atoms with van der Waals surface area (Å²) in [5, 5.41) is 24.7. The van der Waals surface area contributed by atoms with E-state index in [0.717, 1.165) is 4.88 Å². The summed E-state index contributed by atoms with van der Waals surface area (Å²) in [6, 6.07) is 3.78. The van der Waals surface area contributed by atoms with Gasteiger partial charge in [-0.05, 0) is 16.7 Å². The molecule has 2 aromatic heterocycles. The van der Waals surface area contributed by atoms with E-state index in [-0.39, 0.29) is 25.6 Å². The number of nitrogens with one attached hydrogen (secondary N) is 1. The number of aromatic nitrogens is 4. The number of aliphatic hydroxyl groups is 1. The van der Waals surface area contributed by atoms with Gasteiger partial charge in [-0.25, -0.2) is 0 Å². The lowest BCUT2D eigenvalue weighted by molar-refractivity contribution is -0.122. The van der Waals surface area contributed by atoms with Crippen LogP contribution in [-0.4, -0.2) is 44.4 Å². The van der Waals surface area contributed by atoms with Crippen molar-refractivity contribution >= 4 is 17.2 Å². The van der Waals surface area contributed by atoms with Crippen molar-refractivity contribution in [2.45, 2.75) is 6.54 Å². The standard InChI is InChI=1S/C9H11N5O2S/c15-4-3-10-8(16)6-14-12-9(11-13-14)7-2-1-5-17-7/h1-2,5,15H,3-4,6H2,(H,10,16). The number of carbonyl (C=O) groups excluding carboxylic acids is 1. The lowest BCUT2D eigenvalue weighted by Crippen LogP contribution is -2.30. The highest BCUT2D eigenvalue weighted by molar-refractivity contribution is 7.13. The third kappa shape index (κ3) is 3.08. The highest BCUT2D eigenvalue weighted by Gasteiger charge is 2.09. The second-order valence-electron chi connectivity index (χ2n) is 3.19. The monoisotopic (exact) mass is 253 g/mol. The third-order valence-electron chi connectivity index (χ3n) is 1.91. The smallest absolute Gasteiger partial charge is 0.243 e. The Bertz CT molecular complexity index is 481. The van der Waals surface area contributed by atoms with Crippen LogP contribution in [0, 0.1) is 0 Å². The van der Waals surface area contributed by atoms with Gasteiger partial charge in [0.1, 0.15) is 6.54 Å². The van der Waals surface area contributed by atoms with Crippen molar-refractivity contribution in [1.29, 1.82) is 0 Å². The molecule has 0 fully saturated rings. The Morgan fingerprint density at radius 1 is 1.59 bits per heavy atom.